The molecule has 1 amide bonds. The molecule has 1 aliphatic rings. The van der Waals surface area contributed by atoms with Crippen LogP contribution >= 0.6 is 23.2 Å². The van der Waals surface area contributed by atoms with Gasteiger partial charge in [-0.15, -0.1) is 0 Å². The molecular formula is C17H13Cl2F2NO. The van der Waals surface area contributed by atoms with Crippen LogP contribution < -0.4 is 5.32 Å². The summed E-state index contributed by atoms with van der Waals surface area (Å²) in [5, 5.41) is 3.40. The van der Waals surface area contributed by atoms with E-state index in [4.69, 9.17) is 23.2 Å². The Morgan fingerprint density at radius 1 is 1.04 bits per heavy atom. The molecule has 2 aromatic carbocycles. The number of benzene rings is 2. The third kappa shape index (κ3) is 3.06. The summed E-state index contributed by atoms with van der Waals surface area (Å²) in [4.78, 5) is 12.5. The molecule has 23 heavy (non-hydrogen) atoms. The summed E-state index contributed by atoms with van der Waals surface area (Å²) in [5.41, 5.74) is 0.335. The molecule has 3 rings (SSSR count). The van der Waals surface area contributed by atoms with Gasteiger partial charge in [0.15, 0.2) is 11.6 Å². The van der Waals surface area contributed by atoms with E-state index in [1.165, 1.54) is 0 Å². The van der Waals surface area contributed by atoms with E-state index in [0.717, 1.165) is 37.0 Å². The molecule has 0 unspecified atom stereocenters. The van der Waals surface area contributed by atoms with Crippen LogP contribution in [-0.4, -0.2) is 5.91 Å². The van der Waals surface area contributed by atoms with E-state index in [1.807, 2.05) is 12.1 Å². The molecule has 0 spiro atoms. The fourth-order valence-electron chi connectivity index (χ4n) is 2.77. The molecule has 0 heterocycles. The number of amides is 1. The topological polar surface area (TPSA) is 29.1 Å². The maximum atomic E-state index is 13.4. The van der Waals surface area contributed by atoms with Crippen LogP contribution in [0.1, 0.15) is 35.2 Å². The molecule has 1 aliphatic carbocycles. The maximum Gasteiger partial charge on any atom is 0.253 e. The summed E-state index contributed by atoms with van der Waals surface area (Å²) >= 11 is 11.8. The summed E-state index contributed by atoms with van der Waals surface area (Å²) in [6.07, 6.45) is 2.50. The van der Waals surface area contributed by atoms with Crippen molar-refractivity contribution in [2.45, 2.75) is 24.8 Å². The number of carbonyl (C=O) groups is 1. The van der Waals surface area contributed by atoms with E-state index in [9.17, 15) is 13.6 Å². The van der Waals surface area contributed by atoms with Crippen molar-refractivity contribution in [3.05, 3.63) is 69.2 Å². The highest BCUT2D eigenvalue weighted by molar-refractivity contribution is 6.33. The van der Waals surface area contributed by atoms with Crippen molar-refractivity contribution in [2.24, 2.45) is 0 Å². The van der Waals surface area contributed by atoms with Gasteiger partial charge in [0.2, 0.25) is 0 Å². The van der Waals surface area contributed by atoms with Gasteiger partial charge in [0.25, 0.3) is 5.91 Å². The molecule has 1 saturated carbocycles. The minimum absolute atomic E-state index is 0.0780. The van der Waals surface area contributed by atoms with Gasteiger partial charge in [-0.05, 0) is 49.1 Å². The van der Waals surface area contributed by atoms with E-state index in [-0.39, 0.29) is 10.6 Å². The molecule has 0 bridgehead atoms. The minimum Gasteiger partial charge on any atom is -0.342 e. The fourth-order valence-corrected chi connectivity index (χ4v) is 3.13. The van der Waals surface area contributed by atoms with Crippen molar-refractivity contribution in [1.29, 1.82) is 0 Å². The minimum atomic E-state index is -1.10. The number of hydrogen-bond donors (Lipinski definition) is 1. The van der Waals surface area contributed by atoms with Gasteiger partial charge in [-0.1, -0.05) is 35.3 Å². The average Bonchev–Trinajstić information content (AvgIpc) is 2.47. The second-order valence-electron chi connectivity index (χ2n) is 5.64. The standard InChI is InChI=1S/C17H13Cl2F2NO/c18-11-4-2-10(3-5-11)17(6-1-7-17)22-16(23)12-8-14(20)15(21)9-13(12)19/h2-5,8-9H,1,6-7H2,(H,22,23). The SMILES string of the molecule is O=C(NC1(c2ccc(Cl)cc2)CCC1)c1cc(F)c(F)cc1Cl. The lowest BCUT2D eigenvalue weighted by Gasteiger charge is -2.43. The number of halogens is 4. The van der Waals surface area contributed by atoms with Crippen molar-refractivity contribution >= 4 is 29.1 Å². The molecule has 0 aromatic heterocycles. The fraction of sp³-hybridized carbons (Fsp3) is 0.235. The molecule has 2 aromatic rings. The monoisotopic (exact) mass is 355 g/mol. The quantitative estimate of drug-likeness (QED) is 0.764. The predicted octanol–water partition coefficient (Wildman–Crippen LogP) is 5.08. The van der Waals surface area contributed by atoms with Gasteiger partial charge < -0.3 is 5.32 Å². The zero-order chi connectivity index (χ0) is 16.6. The van der Waals surface area contributed by atoms with Crippen LogP contribution in [0, 0.1) is 11.6 Å². The first-order valence-electron chi connectivity index (χ1n) is 7.14. The first kappa shape index (κ1) is 16.2. The van der Waals surface area contributed by atoms with Gasteiger partial charge >= 0.3 is 0 Å². The van der Waals surface area contributed by atoms with Gasteiger partial charge in [0.05, 0.1) is 16.1 Å². The molecule has 0 saturated heterocycles. The Hall–Kier alpha value is -1.65. The third-order valence-corrected chi connectivity index (χ3v) is 4.78. The number of carbonyl (C=O) groups excluding carboxylic acids is 1. The van der Waals surface area contributed by atoms with Gasteiger partial charge in [0.1, 0.15) is 0 Å². The first-order valence-corrected chi connectivity index (χ1v) is 7.90. The average molecular weight is 356 g/mol. The highest BCUT2D eigenvalue weighted by Crippen LogP contribution is 2.42. The molecule has 1 N–H and O–H groups in total. The van der Waals surface area contributed by atoms with Crippen molar-refractivity contribution in [2.75, 3.05) is 0 Å². The summed E-state index contributed by atoms with van der Waals surface area (Å²) in [6, 6.07) is 8.85. The molecule has 0 atom stereocenters. The number of rotatable bonds is 3. The largest absolute Gasteiger partial charge is 0.342 e. The first-order chi connectivity index (χ1) is 10.9. The number of nitrogens with one attached hydrogen (secondary N) is 1. The zero-order valence-corrected chi connectivity index (χ0v) is 13.5. The Labute approximate surface area is 142 Å². The lowest BCUT2D eigenvalue weighted by atomic mass is 9.71. The van der Waals surface area contributed by atoms with Crippen LogP contribution in [0.15, 0.2) is 36.4 Å². The molecule has 6 heteroatoms. The maximum absolute atomic E-state index is 13.4. The normalized spacial score (nSPS) is 15.8. The van der Waals surface area contributed by atoms with E-state index in [0.29, 0.717) is 5.02 Å². The van der Waals surface area contributed by atoms with E-state index in [1.54, 1.807) is 12.1 Å². The van der Waals surface area contributed by atoms with E-state index in [2.05, 4.69) is 5.32 Å². The highest BCUT2D eigenvalue weighted by atomic mass is 35.5. The molecule has 1 fully saturated rings. The van der Waals surface area contributed by atoms with Crippen molar-refractivity contribution in [1.82, 2.24) is 5.32 Å². The molecule has 120 valence electrons. The second kappa shape index (κ2) is 6.10. The molecular weight excluding hydrogens is 343 g/mol. The molecule has 2 nitrogen and oxygen atoms in total. The summed E-state index contributed by atoms with van der Waals surface area (Å²) < 4.78 is 26.5. The zero-order valence-electron chi connectivity index (χ0n) is 12.0. The van der Waals surface area contributed by atoms with Crippen LogP contribution in [0.25, 0.3) is 0 Å². The Balaban J connectivity index is 1.89. The lowest BCUT2D eigenvalue weighted by molar-refractivity contribution is 0.0823. The Morgan fingerprint density at radius 2 is 1.65 bits per heavy atom. The van der Waals surface area contributed by atoms with Gasteiger partial charge in [-0.2, -0.15) is 0 Å². The van der Waals surface area contributed by atoms with Crippen molar-refractivity contribution in [3.8, 4) is 0 Å². The summed E-state index contributed by atoms with van der Waals surface area (Å²) in [7, 11) is 0. The van der Waals surface area contributed by atoms with Crippen LogP contribution in [0.4, 0.5) is 8.78 Å². The van der Waals surface area contributed by atoms with Gasteiger partial charge in [0, 0.05) is 5.02 Å². The van der Waals surface area contributed by atoms with Crippen LogP contribution in [0.5, 0.6) is 0 Å². The Kier molecular flexibility index (Phi) is 4.30. The van der Waals surface area contributed by atoms with E-state index < -0.39 is 23.1 Å². The third-order valence-electron chi connectivity index (χ3n) is 4.21. The lowest BCUT2D eigenvalue weighted by Crippen LogP contribution is -2.50. The predicted molar refractivity (Wildman–Crippen MR) is 85.8 cm³/mol. The Morgan fingerprint density at radius 3 is 2.22 bits per heavy atom. The Bertz CT molecular complexity index is 758. The van der Waals surface area contributed by atoms with Gasteiger partial charge in [-0.25, -0.2) is 8.78 Å². The smallest absolute Gasteiger partial charge is 0.253 e. The summed E-state index contributed by atoms with van der Waals surface area (Å²) in [5.74, 6) is -2.71. The van der Waals surface area contributed by atoms with Crippen molar-refractivity contribution in [3.63, 3.8) is 0 Å². The molecule has 0 radical (unpaired) electrons. The summed E-state index contributed by atoms with van der Waals surface area (Å²) in [6.45, 7) is 0. The van der Waals surface area contributed by atoms with Crippen molar-refractivity contribution < 1.29 is 13.6 Å². The number of hydrogen-bond acceptors (Lipinski definition) is 1. The van der Waals surface area contributed by atoms with E-state index >= 15 is 0 Å². The second-order valence-corrected chi connectivity index (χ2v) is 6.49. The van der Waals surface area contributed by atoms with Crippen LogP contribution in [0.3, 0.4) is 0 Å². The highest BCUT2D eigenvalue weighted by Gasteiger charge is 2.40. The molecule has 0 aliphatic heterocycles. The van der Waals surface area contributed by atoms with Gasteiger partial charge in [-0.3, -0.25) is 4.79 Å². The van der Waals surface area contributed by atoms with Crippen LogP contribution in [0.2, 0.25) is 10.0 Å². The van der Waals surface area contributed by atoms with Crippen LogP contribution in [-0.2, 0) is 5.54 Å².